The average molecular weight is 336 g/mol. The maximum Gasteiger partial charge on any atom is 0.266 e. The quantitative estimate of drug-likeness (QED) is 0.643. The SMILES string of the molecule is CCc1ccccc1NC(=O)/C(C#N)=C/c1ccc(OC)cc1OC. The first-order valence-corrected chi connectivity index (χ1v) is 7.86. The van der Waals surface area contributed by atoms with Crippen molar-refractivity contribution in [3.05, 3.63) is 59.2 Å². The predicted octanol–water partition coefficient (Wildman–Crippen LogP) is 3.81. The van der Waals surface area contributed by atoms with Crippen molar-refractivity contribution in [1.82, 2.24) is 0 Å². The molecule has 2 aromatic carbocycles. The van der Waals surface area contributed by atoms with Crippen LogP contribution in [0.3, 0.4) is 0 Å². The summed E-state index contributed by atoms with van der Waals surface area (Å²) < 4.78 is 10.5. The van der Waals surface area contributed by atoms with Gasteiger partial charge < -0.3 is 14.8 Å². The number of amides is 1. The van der Waals surface area contributed by atoms with Crippen molar-refractivity contribution in [1.29, 1.82) is 5.26 Å². The van der Waals surface area contributed by atoms with Gasteiger partial charge in [-0.2, -0.15) is 5.26 Å². The number of para-hydroxylation sites is 1. The van der Waals surface area contributed by atoms with Crippen LogP contribution in [0.1, 0.15) is 18.1 Å². The van der Waals surface area contributed by atoms with E-state index in [4.69, 9.17) is 9.47 Å². The van der Waals surface area contributed by atoms with Gasteiger partial charge >= 0.3 is 0 Å². The van der Waals surface area contributed by atoms with Crippen LogP contribution in [0.25, 0.3) is 6.08 Å². The fourth-order valence-electron chi connectivity index (χ4n) is 2.38. The molecule has 0 aromatic heterocycles. The van der Waals surface area contributed by atoms with Crippen LogP contribution in [0, 0.1) is 11.3 Å². The summed E-state index contributed by atoms with van der Waals surface area (Å²) in [5, 5.41) is 12.2. The first-order valence-electron chi connectivity index (χ1n) is 7.86. The summed E-state index contributed by atoms with van der Waals surface area (Å²) in [6.07, 6.45) is 2.29. The number of anilines is 1. The molecule has 2 rings (SSSR count). The zero-order valence-corrected chi connectivity index (χ0v) is 14.5. The van der Waals surface area contributed by atoms with E-state index in [-0.39, 0.29) is 5.57 Å². The summed E-state index contributed by atoms with van der Waals surface area (Å²) in [6, 6.07) is 14.7. The van der Waals surface area contributed by atoms with Crippen molar-refractivity contribution in [2.75, 3.05) is 19.5 Å². The molecule has 0 aliphatic carbocycles. The van der Waals surface area contributed by atoms with Gasteiger partial charge in [0.05, 0.1) is 14.2 Å². The number of methoxy groups -OCH3 is 2. The second-order valence-corrected chi connectivity index (χ2v) is 5.24. The summed E-state index contributed by atoms with van der Waals surface area (Å²) in [5.74, 6) is 0.698. The number of hydrogen-bond donors (Lipinski definition) is 1. The van der Waals surface area contributed by atoms with E-state index >= 15 is 0 Å². The molecular weight excluding hydrogens is 316 g/mol. The van der Waals surface area contributed by atoms with Crippen LogP contribution in [-0.2, 0) is 11.2 Å². The van der Waals surface area contributed by atoms with Crippen LogP contribution in [0.4, 0.5) is 5.69 Å². The molecule has 5 nitrogen and oxygen atoms in total. The molecular formula is C20H20N2O3. The largest absolute Gasteiger partial charge is 0.497 e. The number of carbonyl (C=O) groups is 1. The van der Waals surface area contributed by atoms with Crippen LogP contribution in [0.5, 0.6) is 11.5 Å². The highest BCUT2D eigenvalue weighted by Crippen LogP contribution is 2.27. The first kappa shape index (κ1) is 18.1. The molecule has 0 aliphatic heterocycles. The first-order chi connectivity index (χ1) is 12.1. The van der Waals surface area contributed by atoms with Gasteiger partial charge in [0, 0.05) is 17.3 Å². The molecule has 5 heteroatoms. The number of benzene rings is 2. The number of nitriles is 1. The van der Waals surface area contributed by atoms with Gasteiger partial charge in [0.25, 0.3) is 5.91 Å². The summed E-state index contributed by atoms with van der Waals surface area (Å²) in [6.45, 7) is 2.01. The van der Waals surface area contributed by atoms with E-state index in [1.54, 1.807) is 25.3 Å². The Bertz CT molecular complexity index is 835. The highest BCUT2D eigenvalue weighted by Gasteiger charge is 2.13. The van der Waals surface area contributed by atoms with Crippen LogP contribution in [0.2, 0.25) is 0 Å². The Morgan fingerprint density at radius 1 is 1.20 bits per heavy atom. The van der Waals surface area contributed by atoms with E-state index in [0.717, 1.165) is 12.0 Å². The van der Waals surface area contributed by atoms with Gasteiger partial charge in [-0.15, -0.1) is 0 Å². The molecule has 0 saturated carbocycles. The molecule has 0 unspecified atom stereocenters. The lowest BCUT2D eigenvalue weighted by atomic mass is 10.1. The topological polar surface area (TPSA) is 71.4 Å². The Morgan fingerprint density at radius 3 is 2.60 bits per heavy atom. The molecule has 1 amide bonds. The summed E-state index contributed by atoms with van der Waals surface area (Å²) in [7, 11) is 3.08. The molecule has 0 spiro atoms. The van der Waals surface area contributed by atoms with E-state index in [2.05, 4.69) is 5.32 Å². The number of ether oxygens (including phenoxy) is 2. The second-order valence-electron chi connectivity index (χ2n) is 5.24. The highest BCUT2D eigenvalue weighted by molar-refractivity contribution is 6.10. The third-order valence-corrected chi connectivity index (χ3v) is 3.75. The Hall–Kier alpha value is -3.26. The van der Waals surface area contributed by atoms with Crippen LogP contribution in [-0.4, -0.2) is 20.1 Å². The number of rotatable bonds is 6. The van der Waals surface area contributed by atoms with E-state index in [9.17, 15) is 10.1 Å². The van der Waals surface area contributed by atoms with Gasteiger partial charge in [0.2, 0.25) is 0 Å². The van der Waals surface area contributed by atoms with Gasteiger partial charge in [-0.1, -0.05) is 25.1 Å². The van der Waals surface area contributed by atoms with E-state index in [1.807, 2.05) is 37.3 Å². The average Bonchev–Trinajstić information content (AvgIpc) is 2.66. The molecule has 0 atom stereocenters. The minimum Gasteiger partial charge on any atom is -0.497 e. The summed E-state index contributed by atoms with van der Waals surface area (Å²) in [5.41, 5.74) is 2.33. The van der Waals surface area contributed by atoms with Crippen molar-refractivity contribution in [3.8, 4) is 17.6 Å². The van der Waals surface area contributed by atoms with Gasteiger partial charge in [0.15, 0.2) is 0 Å². The van der Waals surface area contributed by atoms with Gasteiger partial charge in [-0.3, -0.25) is 4.79 Å². The minimum absolute atomic E-state index is 0.00521. The third kappa shape index (κ3) is 4.39. The fraction of sp³-hybridized carbons (Fsp3) is 0.200. The van der Waals surface area contributed by atoms with Crippen LogP contribution < -0.4 is 14.8 Å². The lowest BCUT2D eigenvalue weighted by Gasteiger charge is -2.10. The second kappa shape index (κ2) is 8.55. The Kier molecular flexibility index (Phi) is 6.19. The van der Waals surface area contributed by atoms with E-state index in [1.165, 1.54) is 13.2 Å². The molecule has 1 N–H and O–H groups in total. The minimum atomic E-state index is -0.457. The number of nitrogens with one attached hydrogen (secondary N) is 1. The van der Waals surface area contributed by atoms with Crippen LogP contribution >= 0.6 is 0 Å². The fourth-order valence-corrected chi connectivity index (χ4v) is 2.38. The number of hydrogen-bond acceptors (Lipinski definition) is 4. The zero-order chi connectivity index (χ0) is 18.2. The van der Waals surface area contributed by atoms with Crippen molar-refractivity contribution in [3.63, 3.8) is 0 Å². The predicted molar refractivity (Wildman–Crippen MR) is 97.6 cm³/mol. The smallest absolute Gasteiger partial charge is 0.266 e. The number of carbonyl (C=O) groups excluding carboxylic acids is 1. The molecule has 128 valence electrons. The molecule has 0 radical (unpaired) electrons. The standard InChI is InChI=1S/C20H20N2O3/c1-4-14-7-5-6-8-18(14)22-20(23)16(13-21)11-15-9-10-17(24-2)12-19(15)25-3/h5-12H,4H2,1-3H3,(H,22,23)/b16-11+. The summed E-state index contributed by atoms with van der Waals surface area (Å²) in [4.78, 5) is 12.5. The molecule has 0 fully saturated rings. The van der Waals surface area contributed by atoms with Crippen molar-refractivity contribution < 1.29 is 14.3 Å². The molecule has 2 aromatic rings. The maximum atomic E-state index is 12.5. The normalized spacial score (nSPS) is 10.7. The number of nitrogens with zero attached hydrogens (tertiary/aromatic N) is 1. The maximum absolute atomic E-state index is 12.5. The van der Waals surface area contributed by atoms with Gasteiger partial charge in [-0.05, 0) is 36.3 Å². The van der Waals surface area contributed by atoms with E-state index in [0.29, 0.717) is 22.7 Å². The summed E-state index contributed by atoms with van der Waals surface area (Å²) >= 11 is 0. The zero-order valence-electron chi connectivity index (χ0n) is 14.5. The van der Waals surface area contributed by atoms with Crippen molar-refractivity contribution >= 4 is 17.7 Å². The lowest BCUT2D eigenvalue weighted by molar-refractivity contribution is -0.112. The van der Waals surface area contributed by atoms with Gasteiger partial charge in [-0.25, -0.2) is 0 Å². The molecule has 25 heavy (non-hydrogen) atoms. The monoisotopic (exact) mass is 336 g/mol. The van der Waals surface area contributed by atoms with Crippen molar-refractivity contribution in [2.24, 2.45) is 0 Å². The molecule has 0 aliphatic rings. The Labute approximate surface area is 147 Å². The molecule has 0 saturated heterocycles. The highest BCUT2D eigenvalue weighted by atomic mass is 16.5. The molecule has 0 heterocycles. The van der Waals surface area contributed by atoms with Gasteiger partial charge in [0.1, 0.15) is 23.1 Å². The van der Waals surface area contributed by atoms with Crippen molar-refractivity contribution in [2.45, 2.75) is 13.3 Å². The Balaban J connectivity index is 2.31. The lowest BCUT2D eigenvalue weighted by Crippen LogP contribution is -2.14. The number of aryl methyl sites for hydroxylation is 1. The van der Waals surface area contributed by atoms with Crippen LogP contribution in [0.15, 0.2) is 48.0 Å². The Morgan fingerprint density at radius 2 is 1.96 bits per heavy atom. The third-order valence-electron chi connectivity index (χ3n) is 3.75. The van der Waals surface area contributed by atoms with E-state index < -0.39 is 5.91 Å². The molecule has 0 bridgehead atoms.